The van der Waals surface area contributed by atoms with Crippen LogP contribution in [0.5, 0.6) is 0 Å². The molecule has 0 aliphatic rings. The van der Waals surface area contributed by atoms with Crippen molar-refractivity contribution in [2.24, 2.45) is 0 Å². The summed E-state index contributed by atoms with van der Waals surface area (Å²) >= 11 is 1.38. The number of aryl methyl sites for hydroxylation is 2. The lowest BCUT2D eigenvalue weighted by atomic mass is 10.1. The molecule has 2 aromatic heterocycles. The molecule has 3 aromatic rings. The second kappa shape index (κ2) is 8.64. The number of likely N-dealkylation sites (N-methyl/N-ethyl adjacent to an activating group) is 1. The van der Waals surface area contributed by atoms with E-state index in [1.165, 1.54) is 17.4 Å². The van der Waals surface area contributed by atoms with Crippen molar-refractivity contribution in [2.75, 3.05) is 13.6 Å². The largest absolute Gasteiger partial charge is 0.391 e. The number of carbonyl (C=O) groups excluding carboxylic acids is 1. The number of aliphatic hydroxyl groups excluding tert-OH is 1. The Balaban J connectivity index is 1.78. The third-order valence-corrected chi connectivity index (χ3v) is 5.73. The predicted octanol–water partition coefficient (Wildman–Crippen LogP) is 3.08. The van der Waals surface area contributed by atoms with Crippen molar-refractivity contribution >= 4 is 17.2 Å². The Bertz CT molecular complexity index is 982. The van der Waals surface area contributed by atoms with Gasteiger partial charge in [-0.15, -0.1) is 11.3 Å². The zero-order valence-corrected chi connectivity index (χ0v) is 16.8. The number of carbonyl (C=O) groups is 1. The molecule has 148 valence electrons. The van der Waals surface area contributed by atoms with Crippen LogP contribution in [-0.4, -0.2) is 34.6 Å². The van der Waals surface area contributed by atoms with Crippen LogP contribution in [0.2, 0.25) is 0 Å². The van der Waals surface area contributed by atoms with Crippen LogP contribution in [0.15, 0.2) is 30.3 Å². The molecule has 28 heavy (non-hydrogen) atoms. The molecule has 6 nitrogen and oxygen atoms in total. The molecule has 0 aliphatic heterocycles. The Morgan fingerprint density at radius 2 is 2.11 bits per heavy atom. The van der Waals surface area contributed by atoms with Crippen molar-refractivity contribution in [3.05, 3.63) is 63.0 Å². The van der Waals surface area contributed by atoms with Crippen LogP contribution in [0.1, 0.15) is 37.7 Å². The molecule has 2 heterocycles. The molecule has 0 fully saturated rings. The minimum absolute atomic E-state index is 0.0726. The summed E-state index contributed by atoms with van der Waals surface area (Å²) < 4.78 is 13.8. The molecule has 0 saturated carbocycles. The molecule has 1 amide bonds. The van der Waals surface area contributed by atoms with Crippen molar-refractivity contribution in [3.63, 3.8) is 0 Å². The van der Waals surface area contributed by atoms with Gasteiger partial charge in [0.15, 0.2) is 0 Å². The SMILES string of the molecule is CNCC(NC(=O)c1ccc(-c2ccc(C)c(F)c2)[nH]1)c1nc(C)c(CO)s1. The van der Waals surface area contributed by atoms with Gasteiger partial charge in [-0.2, -0.15) is 0 Å². The number of rotatable bonds is 7. The van der Waals surface area contributed by atoms with E-state index < -0.39 is 0 Å². The van der Waals surface area contributed by atoms with Gasteiger partial charge in [-0.1, -0.05) is 12.1 Å². The first kappa shape index (κ1) is 20.2. The highest BCUT2D eigenvalue weighted by Gasteiger charge is 2.21. The summed E-state index contributed by atoms with van der Waals surface area (Å²) in [4.78, 5) is 21.0. The molecule has 0 saturated heterocycles. The second-order valence-corrected chi connectivity index (χ2v) is 7.67. The van der Waals surface area contributed by atoms with E-state index in [4.69, 9.17) is 0 Å². The molecule has 1 aromatic carbocycles. The second-order valence-electron chi connectivity index (χ2n) is 6.55. The maximum atomic E-state index is 13.8. The lowest BCUT2D eigenvalue weighted by Crippen LogP contribution is -2.34. The number of hydrogen-bond acceptors (Lipinski definition) is 5. The average Bonchev–Trinajstić information content (AvgIpc) is 3.30. The quantitative estimate of drug-likeness (QED) is 0.489. The topological polar surface area (TPSA) is 90.0 Å². The zero-order valence-electron chi connectivity index (χ0n) is 16.0. The summed E-state index contributed by atoms with van der Waals surface area (Å²) in [6, 6.07) is 8.06. The Labute approximate surface area is 166 Å². The van der Waals surface area contributed by atoms with Gasteiger partial charge in [-0.05, 0) is 44.7 Å². The van der Waals surface area contributed by atoms with Gasteiger partial charge in [0.25, 0.3) is 5.91 Å². The highest BCUT2D eigenvalue weighted by Crippen LogP contribution is 2.25. The lowest BCUT2D eigenvalue weighted by Gasteiger charge is -2.15. The van der Waals surface area contributed by atoms with Crippen LogP contribution in [0, 0.1) is 19.7 Å². The number of thiazole rings is 1. The van der Waals surface area contributed by atoms with Gasteiger partial charge in [0.1, 0.15) is 16.5 Å². The third-order valence-electron chi connectivity index (χ3n) is 4.48. The zero-order chi connectivity index (χ0) is 20.3. The van der Waals surface area contributed by atoms with E-state index in [1.54, 1.807) is 32.2 Å². The number of nitrogens with one attached hydrogen (secondary N) is 3. The van der Waals surface area contributed by atoms with Crippen LogP contribution in [0.4, 0.5) is 4.39 Å². The molecule has 4 N–H and O–H groups in total. The maximum Gasteiger partial charge on any atom is 0.268 e. The molecule has 1 atom stereocenters. The van der Waals surface area contributed by atoms with Gasteiger partial charge in [0.2, 0.25) is 0 Å². The fourth-order valence-electron chi connectivity index (χ4n) is 2.84. The number of aromatic nitrogens is 2. The Morgan fingerprint density at radius 3 is 2.75 bits per heavy atom. The number of amides is 1. The first-order valence-electron chi connectivity index (χ1n) is 8.91. The van der Waals surface area contributed by atoms with Crippen molar-refractivity contribution in [2.45, 2.75) is 26.5 Å². The van der Waals surface area contributed by atoms with Crippen LogP contribution in [0.25, 0.3) is 11.3 Å². The summed E-state index contributed by atoms with van der Waals surface area (Å²) in [7, 11) is 1.80. The highest BCUT2D eigenvalue weighted by atomic mass is 32.1. The van der Waals surface area contributed by atoms with E-state index in [0.717, 1.165) is 15.6 Å². The molecule has 0 radical (unpaired) electrons. The summed E-state index contributed by atoms with van der Waals surface area (Å²) in [5.74, 6) is -0.566. The Kier molecular flexibility index (Phi) is 6.23. The van der Waals surface area contributed by atoms with Crippen molar-refractivity contribution in [1.29, 1.82) is 0 Å². The summed E-state index contributed by atoms with van der Waals surface area (Å²) in [5.41, 5.74) is 3.07. The molecule has 0 bridgehead atoms. The maximum absolute atomic E-state index is 13.8. The van der Waals surface area contributed by atoms with E-state index in [0.29, 0.717) is 29.1 Å². The van der Waals surface area contributed by atoms with Crippen molar-refractivity contribution in [1.82, 2.24) is 20.6 Å². The number of H-pyrrole nitrogens is 1. The Hall–Kier alpha value is -2.55. The minimum Gasteiger partial charge on any atom is -0.391 e. The fraction of sp³-hybridized carbons (Fsp3) is 0.300. The van der Waals surface area contributed by atoms with Gasteiger partial charge < -0.3 is 20.7 Å². The molecule has 0 spiro atoms. The molecule has 8 heteroatoms. The summed E-state index contributed by atoms with van der Waals surface area (Å²) in [5, 5.41) is 16.1. The molecular weight excluding hydrogens is 379 g/mol. The predicted molar refractivity (Wildman–Crippen MR) is 108 cm³/mol. The molecule has 0 aliphatic carbocycles. The van der Waals surface area contributed by atoms with E-state index in [9.17, 15) is 14.3 Å². The number of halogens is 1. The Morgan fingerprint density at radius 1 is 1.32 bits per heavy atom. The number of hydrogen-bond donors (Lipinski definition) is 4. The van der Waals surface area contributed by atoms with Gasteiger partial charge in [-0.25, -0.2) is 9.37 Å². The smallest absolute Gasteiger partial charge is 0.268 e. The van der Waals surface area contributed by atoms with E-state index in [-0.39, 0.29) is 24.4 Å². The van der Waals surface area contributed by atoms with Crippen molar-refractivity contribution < 1.29 is 14.3 Å². The number of aromatic amines is 1. The number of benzene rings is 1. The molecular formula is C20H23FN4O2S. The molecule has 3 rings (SSSR count). The van der Waals surface area contributed by atoms with Crippen LogP contribution in [0.3, 0.4) is 0 Å². The van der Waals surface area contributed by atoms with E-state index in [2.05, 4.69) is 20.6 Å². The van der Waals surface area contributed by atoms with Crippen LogP contribution >= 0.6 is 11.3 Å². The van der Waals surface area contributed by atoms with Crippen LogP contribution in [-0.2, 0) is 6.61 Å². The monoisotopic (exact) mass is 402 g/mol. The number of aliphatic hydroxyl groups is 1. The van der Waals surface area contributed by atoms with Crippen molar-refractivity contribution in [3.8, 4) is 11.3 Å². The first-order chi connectivity index (χ1) is 13.4. The fourth-order valence-corrected chi connectivity index (χ4v) is 3.82. The minimum atomic E-state index is -0.329. The lowest BCUT2D eigenvalue weighted by molar-refractivity contribution is 0.0932. The average molecular weight is 402 g/mol. The van der Waals surface area contributed by atoms with Crippen LogP contribution < -0.4 is 10.6 Å². The third kappa shape index (κ3) is 4.30. The first-order valence-corrected chi connectivity index (χ1v) is 9.72. The van der Waals surface area contributed by atoms with Gasteiger partial charge >= 0.3 is 0 Å². The normalized spacial score (nSPS) is 12.2. The van der Waals surface area contributed by atoms with E-state index >= 15 is 0 Å². The molecule has 1 unspecified atom stereocenters. The summed E-state index contributed by atoms with van der Waals surface area (Å²) in [6.45, 7) is 3.97. The summed E-state index contributed by atoms with van der Waals surface area (Å²) in [6.07, 6.45) is 0. The van der Waals surface area contributed by atoms with E-state index in [1.807, 2.05) is 13.0 Å². The number of nitrogens with zero attached hydrogens (tertiary/aromatic N) is 1. The van der Waals surface area contributed by atoms with Gasteiger partial charge in [-0.3, -0.25) is 4.79 Å². The standard InChI is InChI=1S/C20H23FN4O2S/c1-11-4-5-13(8-14(11)21)15-6-7-16(24-15)19(27)25-17(9-22-3)20-23-12(2)18(10-26)28-20/h4-8,17,22,24,26H,9-10H2,1-3H3,(H,25,27). The van der Waals surface area contributed by atoms with Gasteiger partial charge in [0.05, 0.1) is 23.2 Å². The van der Waals surface area contributed by atoms with Gasteiger partial charge in [0, 0.05) is 17.8 Å². The highest BCUT2D eigenvalue weighted by molar-refractivity contribution is 7.11.